The van der Waals surface area contributed by atoms with Crippen LogP contribution in [0.2, 0.25) is 5.02 Å². The first-order valence-electron chi connectivity index (χ1n) is 14.2. The van der Waals surface area contributed by atoms with Gasteiger partial charge in [-0.3, -0.25) is 9.69 Å². The van der Waals surface area contributed by atoms with E-state index >= 15 is 0 Å². The van der Waals surface area contributed by atoms with Crippen molar-refractivity contribution in [3.63, 3.8) is 0 Å². The molecule has 1 aliphatic heterocycles. The molecule has 2 fully saturated rings. The van der Waals surface area contributed by atoms with Gasteiger partial charge in [0.15, 0.2) is 16.9 Å². The number of hydrogen-bond acceptors (Lipinski definition) is 6. The van der Waals surface area contributed by atoms with E-state index in [9.17, 15) is 4.79 Å². The average Bonchev–Trinajstić information content (AvgIpc) is 3.72. The molecule has 41 heavy (non-hydrogen) atoms. The highest BCUT2D eigenvalue weighted by Crippen LogP contribution is 2.44. The molecule has 1 saturated heterocycles. The van der Waals surface area contributed by atoms with E-state index in [0.29, 0.717) is 41.1 Å². The number of fused-ring (bicyclic) bond motifs is 1. The molecule has 2 aliphatic rings. The fraction of sp³-hybridized carbons (Fsp3) is 0.364. The fourth-order valence-electron chi connectivity index (χ4n) is 5.42. The molecule has 214 valence electrons. The molecule has 0 bridgehead atoms. The third kappa shape index (κ3) is 6.02. The number of pyridine rings is 1. The van der Waals surface area contributed by atoms with Crippen molar-refractivity contribution >= 4 is 22.5 Å². The van der Waals surface area contributed by atoms with E-state index in [1.54, 1.807) is 14.2 Å². The summed E-state index contributed by atoms with van der Waals surface area (Å²) in [5.74, 6) is 2.44. The molecule has 8 heteroatoms. The van der Waals surface area contributed by atoms with Crippen LogP contribution in [0.15, 0.2) is 65.6 Å². The van der Waals surface area contributed by atoms with Crippen molar-refractivity contribution in [2.75, 3.05) is 27.3 Å². The quantitative estimate of drug-likeness (QED) is 0.197. The molecule has 0 atom stereocenters. The minimum Gasteiger partial charge on any atom is -0.497 e. The summed E-state index contributed by atoms with van der Waals surface area (Å²) >= 11 is 7.10. The van der Waals surface area contributed by atoms with Crippen molar-refractivity contribution < 1.29 is 18.9 Å². The van der Waals surface area contributed by atoms with E-state index in [1.165, 1.54) is 12.8 Å². The first-order valence-corrected chi connectivity index (χ1v) is 14.6. The van der Waals surface area contributed by atoms with Crippen LogP contribution in [0.25, 0.3) is 10.9 Å². The van der Waals surface area contributed by atoms with Gasteiger partial charge in [0.25, 0.3) is 0 Å². The number of rotatable bonds is 11. The predicted octanol–water partition coefficient (Wildman–Crippen LogP) is 6.76. The van der Waals surface area contributed by atoms with Crippen LogP contribution < -0.4 is 24.4 Å². The van der Waals surface area contributed by atoms with E-state index in [-0.39, 0.29) is 12.0 Å². The number of nitrogens with zero attached hydrogens (tertiary/aromatic N) is 2. The van der Waals surface area contributed by atoms with Gasteiger partial charge in [-0.1, -0.05) is 35.9 Å². The lowest BCUT2D eigenvalue weighted by molar-refractivity contribution is 0.256. The smallest absolute Gasteiger partial charge is 0.195 e. The van der Waals surface area contributed by atoms with Crippen LogP contribution in [-0.4, -0.2) is 36.8 Å². The van der Waals surface area contributed by atoms with Gasteiger partial charge >= 0.3 is 0 Å². The molecule has 0 N–H and O–H groups in total. The topological polar surface area (TPSA) is 62.2 Å². The number of halogens is 1. The van der Waals surface area contributed by atoms with Crippen molar-refractivity contribution in [3.8, 4) is 23.0 Å². The second-order valence-corrected chi connectivity index (χ2v) is 11.2. The number of benzene rings is 3. The zero-order valence-corrected chi connectivity index (χ0v) is 24.3. The molecule has 4 aromatic rings. The molecule has 0 amide bonds. The van der Waals surface area contributed by atoms with Crippen LogP contribution in [0.1, 0.15) is 48.4 Å². The van der Waals surface area contributed by atoms with Crippen molar-refractivity contribution in [2.45, 2.75) is 51.5 Å². The van der Waals surface area contributed by atoms with Gasteiger partial charge in [0.1, 0.15) is 24.7 Å². The zero-order valence-electron chi connectivity index (χ0n) is 23.5. The maximum atomic E-state index is 13.9. The van der Waals surface area contributed by atoms with Gasteiger partial charge in [-0.05, 0) is 74.2 Å². The normalized spacial score (nSPS) is 15.3. The van der Waals surface area contributed by atoms with Crippen molar-refractivity contribution in [1.82, 2.24) is 9.47 Å². The Labute approximate surface area is 245 Å². The summed E-state index contributed by atoms with van der Waals surface area (Å²) in [7, 11) is 3.28. The lowest BCUT2D eigenvalue weighted by atomic mass is 10.1. The summed E-state index contributed by atoms with van der Waals surface area (Å²) < 4.78 is 25.5. The van der Waals surface area contributed by atoms with Gasteiger partial charge in [-0.2, -0.15) is 0 Å². The minimum absolute atomic E-state index is 0.0372. The third-order valence-electron chi connectivity index (χ3n) is 7.89. The summed E-state index contributed by atoms with van der Waals surface area (Å²) in [5.41, 5.74) is 3.45. The van der Waals surface area contributed by atoms with Gasteiger partial charge in [0, 0.05) is 30.4 Å². The minimum atomic E-state index is -0.0372. The molecule has 6 rings (SSSR count). The highest BCUT2D eigenvalue weighted by atomic mass is 35.5. The van der Waals surface area contributed by atoms with Crippen molar-refractivity contribution in [2.24, 2.45) is 0 Å². The van der Waals surface area contributed by atoms with Crippen LogP contribution in [0.5, 0.6) is 23.0 Å². The number of aromatic nitrogens is 1. The molecule has 7 nitrogen and oxygen atoms in total. The Morgan fingerprint density at radius 2 is 1.44 bits per heavy atom. The predicted molar refractivity (Wildman–Crippen MR) is 161 cm³/mol. The highest BCUT2D eigenvalue weighted by Gasteiger charge is 2.29. The molecule has 0 radical (unpaired) electrons. The lowest BCUT2D eigenvalue weighted by Crippen LogP contribution is -2.25. The molecular formula is C33H35ClN2O5. The van der Waals surface area contributed by atoms with Gasteiger partial charge in [-0.15, -0.1) is 0 Å². The van der Waals surface area contributed by atoms with Crippen LogP contribution in [0.4, 0.5) is 0 Å². The monoisotopic (exact) mass is 574 g/mol. The molecule has 3 aromatic carbocycles. The second-order valence-electron chi connectivity index (χ2n) is 10.8. The molecule has 1 aliphatic carbocycles. The summed E-state index contributed by atoms with van der Waals surface area (Å²) in [6.45, 7) is 3.24. The first kappa shape index (κ1) is 27.5. The first-order chi connectivity index (χ1) is 20.0. The number of hydrogen-bond donors (Lipinski definition) is 0. The molecule has 2 heterocycles. The molecule has 0 unspecified atom stereocenters. The Kier molecular flexibility index (Phi) is 8.08. The third-order valence-corrected chi connectivity index (χ3v) is 8.25. The van der Waals surface area contributed by atoms with Crippen LogP contribution >= 0.6 is 11.6 Å². The Morgan fingerprint density at radius 1 is 0.854 bits per heavy atom. The van der Waals surface area contributed by atoms with E-state index in [2.05, 4.69) is 9.47 Å². The van der Waals surface area contributed by atoms with Gasteiger partial charge < -0.3 is 23.5 Å². The van der Waals surface area contributed by atoms with E-state index in [1.807, 2.05) is 60.8 Å². The van der Waals surface area contributed by atoms with E-state index in [4.69, 9.17) is 30.5 Å². The molecule has 0 spiro atoms. The fourth-order valence-corrected chi connectivity index (χ4v) is 5.75. The summed E-state index contributed by atoms with van der Waals surface area (Å²) in [5, 5.41) is 0.792. The highest BCUT2D eigenvalue weighted by molar-refractivity contribution is 6.37. The van der Waals surface area contributed by atoms with E-state index < -0.39 is 0 Å². The van der Waals surface area contributed by atoms with Gasteiger partial charge in [-0.25, -0.2) is 0 Å². The molecule has 1 aromatic heterocycles. The van der Waals surface area contributed by atoms with Crippen LogP contribution in [0, 0.1) is 0 Å². The average molecular weight is 575 g/mol. The van der Waals surface area contributed by atoms with E-state index in [0.717, 1.165) is 59.6 Å². The van der Waals surface area contributed by atoms with Crippen molar-refractivity contribution in [1.29, 1.82) is 0 Å². The van der Waals surface area contributed by atoms with Crippen LogP contribution in [-0.2, 0) is 19.8 Å². The Morgan fingerprint density at radius 3 is 2.00 bits per heavy atom. The molecular weight excluding hydrogens is 540 g/mol. The maximum Gasteiger partial charge on any atom is 0.195 e. The summed E-state index contributed by atoms with van der Waals surface area (Å²) in [6.07, 6.45) is 6.54. The summed E-state index contributed by atoms with van der Waals surface area (Å²) in [6, 6.07) is 17.7. The van der Waals surface area contributed by atoms with Crippen LogP contribution in [0.3, 0.4) is 0 Å². The van der Waals surface area contributed by atoms with Gasteiger partial charge in [0.05, 0.1) is 30.1 Å². The Balaban J connectivity index is 1.40. The number of likely N-dealkylation sites (tertiary alicyclic amines) is 1. The molecule has 1 saturated carbocycles. The summed E-state index contributed by atoms with van der Waals surface area (Å²) in [4.78, 5) is 16.3. The number of ether oxygens (including phenoxy) is 4. The maximum absolute atomic E-state index is 13.9. The zero-order chi connectivity index (χ0) is 28.3. The lowest BCUT2D eigenvalue weighted by Gasteiger charge is -2.21. The standard InChI is InChI=1S/C33H35ClN2O5/c1-38-26-11-5-22(6-12-26)20-40-29-17-28-30(31(34)33(29)41-21-23-7-13-27(39-2)14-8-23)32(37)24(18-35-15-3-4-16-35)19-36(28)25-9-10-25/h5-8,11-14,17,19,25H,3-4,9-10,15-16,18,20-21H2,1-2H3. The SMILES string of the molecule is COc1ccc(COc2cc3c(c(Cl)c2OCc2ccc(OC)cc2)c(=O)c(CN2CCCC2)cn3C2CC2)cc1. The van der Waals surface area contributed by atoms with Gasteiger partial charge in [0.2, 0.25) is 0 Å². The largest absolute Gasteiger partial charge is 0.497 e. The Bertz CT molecular complexity index is 1570. The van der Waals surface area contributed by atoms with Crippen molar-refractivity contribution in [3.05, 3.63) is 92.7 Å². The Hall–Kier alpha value is -3.68. The number of methoxy groups -OCH3 is 2. The second kappa shape index (κ2) is 12.0.